The van der Waals surface area contributed by atoms with Crippen LogP contribution in [0.1, 0.15) is 40.0 Å². The summed E-state index contributed by atoms with van der Waals surface area (Å²) < 4.78 is 0. The molecule has 0 unspecified atom stereocenters. The van der Waals surface area contributed by atoms with Crippen LogP contribution in [0.2, 0.25) is 0 Å². The first-order chi connectivity index (χ1) is 14.9. The van der Waals surface area contributed by atoms with Crippen molar-refractivity contribution in [2.45, 2.75) is 25.3 Å². The number of hydrogen-bond donors (Lipinski definition) is 1. The highest BCUT2D eigenvalue weighted by molar-refractivity contribution is 7.81. The van der Waals surface area contributed by atoms with E-state index in [2.05, 4.69) is 11.4 Å². The summed E-state index contributed by atoms with van der Waals surface area (Å²) >= 11 is 11.3. The standard InChI is InChI=1S/C22H19ClN4O3S/c23-13-4-5-18(31)16(12-13)20(28)25-17-3-1-2-15-19(17)22(30)27(21(15)29)14-6-9-26(10-7-14)11-8-24/h1-4,12,14H,5-7,9-11H2,(H,25,28). The SMILES string of the molecule is N#CCN1CCC(N2C(=O)c3cccc(NC(=O)C4=CC(Cl)=CCC4=S)c3C2=O)CC1. The average molecular weight is 455 g/mol. The number of carbonyl (C=O) groups is 3. The molecule has 0 saturated carbocycles. The van der Waals surface area contributed by atoms with E-state index in [0.29, 0.717) is 48.8 Å². The maximum absolute atomic E-state index is 13.2. The van der Waals surface area contributed by atoms with Crippen LogP contribution in [0, 0.1) is 11.3 Å². The van der Waals surface area contributed by atoms with Gasteiger partial charge in [-0.25, -0.2) is 0 Å². The van der Waals surface area contributed by atoms with Gasteiger partial charge in [-0.1, -0.05) is 36.0 Å². The van der Waals surface area contributed by atoms with E-state index in [4.69, 9.17) is 29.1 Å². The number of likely N-dealkylation sites (tertiary alicyclic amines) is 1. The minimum Gasteiger partial charge on any atom is -0.321 e. The van der Waals surface area contributed by atoms with Crippen LogP contribution in [0.15, 0.2) is 41.0 Å². The summed E-state index contributed by atoms with van der Waals surface area (Å²) in [6, 6.07) is 6.73. The zero-order chi connectivity index (χ0) is 22.1. The van der Waals surface area contributed by atoms with Crippen LogP contribution < -0.4 is 5.32 Å². The van der Waals surface area contributed by atoms with Crippen molar-refractivity contribution in [3.63, 3.8) is 0 Å². The summed E-state index contributed by atoms with van der Waals surface area (Å²) in [7, 11) is 0. The Kier molecular flexibility index (Phi) is 6.01. The molecule has 0 atom stereocenters. The molecule has 1 aromatic carbocycles. The number of nitrogens with zero attached hydrogens (tertiary/aromatic N) is 3. The zero-order valence-electron chi connectivity index (χ0n) is 16.6. The van der Waals surface area contributed by atoms with Gasteiger partial charge >= 0.3 is 0 Å². The van der Waals surface area contributed by atoms with Gasteiger partial charge in [0.25, 0.3) is 17.7 Å². The molecule has 3 amide bonds. The van der Waals surface area contributed by atoms with Gasteiger partial charge in [-0.05, 0) is 31.1 Å². The molecule has 9 heteroatoms. The lowest BCUT2D eigenvalue weighted by molar-refractivity contribution is -0.112. The number of carbonyl (C=O) groups excluding carboxylic acids is 3. The first-order valence-electron chi connectivity index (χ1n) is 9.93. The zero-order valence-corrected chi connectivity index (χ0v) is 18.1. The Morgan fingerprint density at radius 3 is 2.71 bits per heavy atom. The summed E-state index contributed by atoms with van der Waals surface area (Å²) in [5, 5.41) is 12.0. The number of benzene rings is 1. The van der Waals surface area contributed by atoms with Gasteiger partial charge in [0.2, 0.25) is 0 Å². The number of fused-ring (bicyclic) bond motifs is 1. The largest absolute Gasteiger partial charge is 0.321 e. The molecule has 4 rings (SSSR count). The normalized spacial score (nSPS) is 19.6. The first-order valence-corrected chi connectivity index (χ1v) is 10.7. The van der Waals surface area contributed by atoms with E-state index >= 15 is 0 Å². The van der Waals surface area contributed by atoms with Crippen LogP contribution in [0.4, 0.5) is 5.69 Å². The number of nitrogens with one attached hydrogen (secondary N) is 1. The maximum atomic E-state index is 13.2. The molecule has 0 aromatic heterocycles. The number of allylic oxidation sites excluding steroid dienone is 3. The second-order valence-corrected chi connectivity index (χ2v) is 8.53. The average Bonchev–Trinajstić information content (AvgIpc) is 3.02. The van der Waals surface area contributed by atoms with E-state index in [1.165, 1.54) is 11.0 Å². The van der Waals surface area contributed by atoms with E-state index in [0.717, 1.165) is 0 Å². The molecule has 1 aliphatic carbocycles. The molecule has 1 saturated heterocycles. The summed E-state index contributed by atoms with van der Waals surface area (Å²) in [5.41, 5.74) is 1.03. The Morgan fingerprint density at radius 1 is 1.26 bits per heavy atom. The fourth-order valence-corrected chi connectivity index (χ4v) is 4.56. The molecule has 1 N–H and O–H groups in total. The Labute approximate surface area is 189 Å². The molecule has 158 valence electrons. The Balaban J connectivity index is 1.56. The molecule has 0 bridgehead atoms. The van der Waals surface area contributed by atoms with Gasteiger partial charge in [0.1, 0.15) is 0 Å². The van der Waals surface area contributed by atoms with Crippen molar-refractivity contribution in [3.05, 3.63) is 52.1 Å². The molecular weight excluding hydrogens is 436 g/mol. The van der Waals surface area contributed by atoms with Gasteiger partial charge in [-0.3, -0.25) is 24.2 Å². The van der Waals surface area contributed by atoms with E-state index in [1.54, 1.807) is 24.3 Å². The number of thiocarbonyl (C=S) groups is 1. The number of piperidine rings is 1. The lowest BCUT2D eigenvalue weighted by Gasteiger charge is -2.34. The van der Waals surface area contributed by atoms with Crippen molar-refractivity contribution in [3.8, 4) is 6.07 Å². The van der Waals surface area contributed by atoms with Crippen molar-refractivity contribution >= 4 is 52.1 Å². The monoisotopic (exact) mass is 454 g/mol. The number of imide groups is 1. The van der Waals surface area contributed by atoms with Crippen LogP contribution >= 0.6 is 23.8 Å². The summed E-state index contributed by atoms with van der Waals surface area (Å²) in [6.45, 7) is 1.63. The Morgan fingerprint density at radius 2 is 2.00 bits per heavy atom. The highest BCUT2D eigenvalue weighted by Crippen LogP contribution is 2.33. The number of anilines is 1. The quantitative estimate of drug-likeness (QED) is 0.427. The molecule has 1 fully saturated rings. The molecule has 3 aliphatic rings. The van der Waals surface area contributed by atoms with Crippen LogP contribution in [-0.4, -0.2) is 58.1 Å². The lowest BCUT2D eigenvalue weighted by Crippen LogP contribution is -2.47. The molecule has 1 aromatic rings. The Bertz CT molecular complexity index is 1100. The van der Waals surface area contributed by atoms with Crippen molar-refractivity contribution < 1.29 is 14.4 Å². The predicted molar refractivity (Wildman–Crippen MR) is 120 cm³/mol. The van der Waals surface area contributed by atoms with Crippen molar-refractivity contribution in [1.82, 2.24) is 9.80 Å². The lowest BCUT2D eigenvalue weighted by atomic mass is 10.0. The van der Waals surface area contributed by atoms with Crippen LogP contribution in [-0.2, 0) is 4.79 Å². The molecular formula is C22H19ClN4O3S. The Hall–Kier alpha value is -2.86. The van der Waals surface area contributed by atoms with E-state index in [1.807, 2.05) is 4.90 Å². The minimum atomic E-state index is -0.465. The first kappa shape index (κ1) is 21.4. The summed E-state index contributed by atoms with van der Waals surface area (Å²) in [4.78, 5) is 42.8. The number of amides is 3. The number of halogens is 1. The third-order valence-electron chi connectivity index (χ3n) is 5.72. The topological polar surface area (TPSA) is 93.5 Å². The molecule has 7 nitrogen and oxygen atoms in total. The second-order valence-electron chi connectivity index (χ2n) is 7.60. The van der Waals surface area contributed by atoms with E-state index in [9.17, 15) is 14.4 Å². The molecule has 0 radical (unpaired) electrons. The fraction of sp³-hybridized carbons (Fsp3) is 0.318. The smallest absolute Gasteiger partial charge is 0.263 e. The predicted octanol–water partition coefficient (Wildman–Crippen LogP) is 3.03. The highest BCUT2D eigenvalue weighted by atomic mass is 35.5. The fourth-order valence-electron chi connectivity index (χ4n) is 4.13. The van der Waals surface area contributed by atoms with Gasteiger partial charge in [0, 0.05) is 35.4 Å². The molecule has 31 heavy (non-hydrogen) atoms. The van der Waals surface area contributed by atoms with Gasteiger partial charge < -0.3 is 5.32 Å². The molecule has 0 spiro atoms. The summed E-state index contributed by atoms with van der Waals surface area (Å²) in [6.07, 6.45) is 4.85. The van der Waals surface area contributed by atoms with Gasteiger partial charge in [-0.15, -0.1) is 0 Å². The number of rotatable bonds is 4. The van der Waals surface area contributed by atoms with Gasteiger partial charge in [0.15, 0.2) is 0 Å². The molecule has 2 aliphatic heterocycles. The third-order valence-corrected chi connectivity index (χ3v) is 6.37. The number of hydrogen-bond acceptors (Lipinski definition) is 6. The third kappa shape index (κ3) is 4.04. The van der Waals surface area contributed by atoms with Gasteiger partial charge in [0.05, 0.1) is 35.0 Å². The second kappa shape index (κ2) is 8.71. The van der Waals surface area contributed by atoms with E-state index in [-0.39, 0.29) is 34.3 Å². The summed E-state index contributed by atoms with van der Waals surface area (Å²) in [5.74, 6) is -1.23. The highest BCUT2D eigenvalue weighted by Gasteiger charge is 2.42. The molecule has 2 heterocycles. The maximum Gasteiger partial charge on any atom is 0.263 e. The van der Waals surface area contributed by atoms with E-state index < -0.39 is 11.8 Å². The van der Waals surface area contributed by atoms with Crippen LogP contribution in [0.25, 0.3) is 0 Å². The van der Waals surface area contributed by atoms with Crippen LogP contribution in [0.3, 0.4) is 0 Å². The minimum absolute atomic E-state index is 0.198. The van der Waals surface area contributed by atoms with Crippen molar-refractivity contribution in [1.29, 1.82) is 5.26 Å². The van der Waals surface area contributed by atoms with Gasteiger partial charge in [-0.2, -0.15) is 5.26 Å². The van der Waals surface area contributed by atoms with Crippen molar-refractivity contribution in [2.75, 3.05) is 25.0 Å². The van der Waals surface area contributed by atoms with Crippen molar-refractivity contribution in [2.24, 2.45) is 0 Å². The van der Waals surface area contributed by atoms with Crippen LogP contribution in [0.5, 0.6) is 0 Å². The number of nitriles is 1.